The SMILES string of the molecule is C=CC(=O)NC(C)C.C=CC(=O)NC(C)C#N. The van der Waals surface area contributed by atoms with E-state index in [1.165, 1.54) is 6.08 Å². The van der Waals surface area contributed by atoms with E-state index in [4.69, 9.17) is 5.26 Å². The molecule has 0 heterocycles. The van der Waals surface area contributed by atoms with Crippen LogP contribution in [0.5, 0.6) is 0 Å². The zero-order valence-electron chi connectivity index (χ0n) is 10.5. The van der Waals surface area contributed by atoms with Crippen molar-refractivity contribution in [3.63, 3.8) is 0 Å². The van der Waals surface area contributed by atoms with Crippen molar-refractivity contribution in [3.05, 3.63) is 25.3 Å². The maximum atomic E-state index is 10.4. The quantitative estimate of drug-likeness (QED) is 0.713. The smallest absolute Gasteiger partial charge is 0.244 e. The Morgan fingerprint density at radius 1 is 1.12 bits per heavy atom. The van der Waals surface area contributed by atoms with Gasteiger partial charge in [0.1, 0.15) is 6.04 Å². The highest BCUT2D eigenvalue weighted by molar-refractivity contribution is 5.87. The van der Waals surface area contributed by atoms with Crippen LogP contribution in [0, 0.1) is 11.3 Å². The van der Waals surface area contributed by atoms with E-state index in [1.54, 1.807) is 6.92 Å². The molecule has 0 spiro atoms. The largest absolute Gasteiger partial charge is 0.350 e. The molecule has 0 saturated carbocycles. The van der Waals surface area contributed by atoms with Gasteiger partial charge in [-0.3, -0.25) is 9.59 Å². The number of hydrogen-bond acceptors (Lipinski definition) is 3. The summed E-state index contributed by atoms with van der Waals surface area (Å²) < 4.78 is 0. The van der Waals surface area contributed by atoms with Crippen molar-refractivity contribution in [2.75, 3.05) is 0 Å². The highest BCUT2D eigenvalue weighted by Gasteiger charge is 1.99. The lowest BCUT2D eigenvalue weighted by Gasteiger charge is -2.02. The van der Waals surface area contributed by atoms with E-state index in [0.29, 0.717) is 0 Å². The molecule has 1 unspecified atom stereocenters. The lowest BCUT2D eigenvalue weighted by molar-refractivity contribution is -0.117. The van der Waals surface area contributed by atoms with E-state index in [1.807, 2.05) is 19.9 Å². The van der Waals surface area contributed by atoms with Crippen LogP contribution in [-0.2, 0) is 9.59 Å². The van der Waals surface area contributed by atoms with Crippen LogP contribution in [0.2, 0.25) is 0 Å². The third kappa shape index (κ3) is 13.9. The Balaban J connectivity index is 0. The zero-order chi connectivity index (χ0) is 13.8. The molecule has 0 aromatic carbocycles. The predicted octanol–water partition coefficient (Wildman–Crippen LogP) is 0.898. The second kappa shape index (κ2) is 10.4. The Labute approximate surface area is 102 Å². The van der Waals surface area contributed by atoms with Crippen molar-refractivity contribution < 1.29 is 9.59 Å². The van der Waals surface area contributed by atoms with Crippen molar-refractivity contribution in [2.45, 2.75) is 32.9 Å². The molecule has 94 valence electrons. The lowest BCUT2D eigenvalue weighted by Crippen LogP contribution is -2.29. The van der Waals surface area contributed by atoms with Crippen LogP contribution in [0.1, 0.15) is 20.8 Å². The number of nitrogens with one attached hydrogen (secondary N) is 2. The van der Waals surface area contributed by atoms with Crippen LogP contribution in [0.15, 0.2) is 25.3 Å². The summed E-state index contributed by atoms with van der Waals surface area (Å²) in [7, 11) is 0. The summed E-state index contributed by atoms with van der Waals surface area (Å²) in [6.07, 6.45) is 2.40. The van der Waals surface area contributed by atoms with Gasteiger partial charge in [0.15, 0.2) is 0 Å². The minimum atomic E-state index is -0.435. The van der Waals surface area contributed by atoms with E-state index >= 15 is 0 Å². The van der Waals surface area contributed by atoms with Gasteiger partial charge in [0.05, 0.1) is 6.07 Å². The topological polar surface area (TPSA) is 82.0 Å². The first kappa shape index (κ1) is 17.3. The summed E-state index contributed by atoms with van der Waals surface area (Å²) in [5.74, 6) is -0.427. The van der Waals surface area contributed by atoms with Crippen LogP contribution >= 0.6 is 0 Å². The summed E-state index contributed by atoms with van der Waals surface area (Å²) in [4.78, 5) is 20.8. The molecular formula is C12H19N3O2. The molecule has 0 fully saturated rings. The van der Waals surface area contributed by atoms with Crippen LogP contribution in [0.3, 0.4) is 0 Å². The molecule has 2 amide bonds. The van der Waals surface area contributed by atoms with Gasteiger partial charge < -0.3 is 10.6 Å². The Morgan fingerprint density at radius 3 is 1.76 bits per heavy atom. The van der Waals surface area contributed by atoms with Crippen molar-refractivity contribution in [1.82, 2.24) is 10.6 Å². The summed E-state index contributed by atoms with van der Waals surface area (Å²) in [6.45, 7) is 11.9. The van der Waals surface area contributed by atoms with Gasteiger partial charge >= 0.3 is 0 Å². The second-order valence-corrected chi connectivity index (χ2v) is 3.43. The van der Waals surface area contributed by atoms with Gasteiger partial charge in [0.25, 0.3) is 0 Å². The fraction of sp³-hybridized carbons (Fsp3) is 0.417. The summed E-state index contributed by atoms with van der Waals surface area (Å²) >= 11 is 0. The highest BCUT2D eigenvalue weighted by Crippen LogP contribution is 1.76. The molecule has 0 bridgehead atoms. The minimum Gasteiger partial charge on any atom is -0.350 e. The van der Waals surface area contributed by atoms with Crippen molar-refractivity contribution in [3.8, 4) is 6.07 Å². The fourth-order valence-electron chi connectivity index (χ4n) is 0.648. The molecule has 5 heteroatoms. The molecule has 0 aliphatic heterocycles. The van der Waals surface area contributed by atoms with Crippen LogP contribution in [0.25, 0.3) is 0 Å². The number of carbonyl (C=O) groups excluding carboxylic acids is 2. The predicted molar refractivity (Wildman–Crippen MR) is 66.9 cm³/mol. The Morgan fingerprint density at radius 2 is 1.53 bits per heavy atom. The number of carbonyl (C=O) groups is 2. The number of nitriles is 1. The number of hydrogen-bond donors (Lipinski definition) is 2. The number of rotatable bonds is 4. The molecule has 1 atom stereocenters. The molecule has 0 radical (unpaired) electrons. The normalized spacial score (nSPS) is 10.1. The molecule has 0 aromatic rings. The number of nitrogens with zero attached hydrogens (tertiary/aromatic N) is 1. The maximum Gasteiger partial charge on any atom is 0.244 e. The Bertz CT molecular complexity index is 316. The zero-order valence-corrected chi connectivity index (χ0v) is 10.5. The van der Waals surface area contributed by atoms with E-state index in [2.05, 4.69) is 23.8 Å². The van der Waals surface area contributed by atoms with Gasteiger partial charge in [-0.05, 0) is 32.9 Å². The van der Waals surface area contributed by atoms with Gasteiger partial charge in [0, 0.05) is 6.04 Å². The number of amides is 2. The second-order valence-electron chi connectivity index (χ2n) is 3.43. The monoisotopic (exact) mass is 237 g/mol. The minimum absolute atomic E-state index is 0.111. The van der Waals surface area contributed by atoms with E-state index < -0.39 is 6.04 Å². The molecule has 0 aliphatic rings. The lowest BCUT2D eigenvalue weighted by atomic mass is 10.4. The van der Waals surface area contributed by atoms with Crippen molar-refractivity contribution in [1.29, 1.82) is 5.26 Å². The van der Waals surface area contributed by atoms with Gasteiger partial charge in [0.2, 0.25) is 11.8 Å². The van der Waals surface area contributed by atoms with E-state index in [-0.39, 0.29) is 17.9 Å². The fourth-order valence-corrected chi connectivity index (χ4v) is 0.648. The average molecular weight is 237 g/mol. The van der Waals surface area contributed by atoms with Crippen molar-refractivity contribution in [2.24, 2.45) is 0 Å². The highest BCUT2D eigenvalue weighted by atomic mass is 16.2. The van der Waals surface area contributed by atoms with Crippen LogP contribution in [-0.4, -0.2) is 23.9 Å². The van der Waals surface area contributed by atoms with Crippen molar-refractivity contribution >= 4 is 11.8 Å². The maximum absolute atomic E-state index is 10.4. The molecule has 0 aliphatic carbocycles. The Hall–Kier alpha value is -2.09. The Kier molecular flexibility index (Phi) is 10.6. The first-order valence-corrected chi connectivity index (χ1v) is 5.12. The molecule has 17 heavy (non-hydrogen) atoms. The summed E-state index contributed by atoms with van der Waals surface area (Å²) in [5, 5.41) is 13.2. The van der Waals surface area contributed by atoms with E-state index in [9.17, 15) is 9.59 Å². The average Bonchev–Trinajstić information content (AvgIpc) is 2.28. The molecule has 5 nitrogen and oxygen atoms in total. The molecule has 0 rings (SSSR count). The molecule has 0 aromatic heterocycles. The molecule has 0 saturated heterocycles. The molecular weight excluding hydrogens is 218 g/mol. The standard InChI is InChI=1S/C6H8N2O.C6H11NO/c1-3-6(9)8-5(2)4-7;1-4-6(8)7-5(2)3/h3,5H,1H2,2H3,(H,8,9);4-5H,1H2,2-3H3,(H,7,8). The van der Waals surface area contributed by atoms with Gasteiger partial charge in [-0.25, -0.2) is 0 Å². The molecule has 2 N–H and O–H groups in total. The van der Waals surface area contributed by atoms with E-state index in [0.717, 1.165) is 6.08 Å². The third-order valence-corrected chi connectivity index (χ3v) is 1.35. The summed E-state index contributed by atoms with van der Waals surface area (Å²) in [6, 6.07) is 1.62. The van der Waals surface area contributed by atoms with Gasteiger partial charge in [-0.2, -0.15) is 5.26 Å². The van der Waals surface area contributed by atoms with Crippen LogP contribution < -0.4 is 10.6 Å². The van der Waals surface area contributed by atoms with Crippen LogP contribution in [0.4, 0.5) is 0 Å². The third-order valence-electron chi connectivity index (χ3n) is 1.35. The first-order chi connectivity index (χ1) is 7.87. The van der Waals surface area contributed by atoms with Gasteiger partial charge in [-0.15, -0.1) is 0 Å². The first-order valence-electron chi connectivity index (χ1n) is 5.12. The summed E-state index contributed by atoms with van der Waals surface area (Å²) in [5.41, 5.74) is 0. The van der Waals surface area contributed by atoms with Gasteiger partial charge in [-0.1, -0.05) is 13.2 Å².